The Morgan fingerprint density at radius 3 is 2.12 bits per heavy atom. The SMILES string of the molecule is CCOc1ccc(NC(=O)[C@H]2[C@H]3C(=O)N([C@@H](CO)C(C)C)C(C(=O)Nc4ccc(OC)cc4)C34CC[C@]2(CC)O4)cc1. The highest BCUT2D eigenvalue weighted by molar-refractivity contribution is 6.05. The number of anilines is 2. The zero-order chi connectivity index (χ0) is 30.2. The lowest BCUT2D eigenvalue weighted by Gasteiger charge is -2.38. The van der Waals surface area contributed by atoms with Gasteiger partial charge in [0.15, 0.2) is 0 Å². The maximum Gasteiger partial charge on any atom is 0.250 e. The van der Waals surface area contributed by atoms with Crippen LogP contribution in [0.5, 0.6) is 11.5 Å². The van der Waals surface area contributed by atoms with Gasteiger partial charge < -0.3 is 34.9 Å². The third-order valence-electron chi connectivity index (χ3n) is 9.25. The first-order valence-electron chi connectivity index (χ1n) is 14.8. The molecule has 3 heterocycles. The molecule has 2 aromatic carbocycles. The average Bonchev–Trinajstić information content (AvgIpc) is 3.58. The van der Waals surface area contributed by atoms with Crippen molar-refractivity contribution < 1.29 is 33.7 Å². The highest BCUT2D eigenvalue weighted by atomic mass is 16.5. The van der Waals surface area contributed by atoms with Gasteiger partial charge in [-0.15, -0.1) is 0 Å². The smallest absolute Gasteiger partial charge is 0.250 e. The summed E-state index contributed by atoms with van der Waals surface area (Å²) in [6.07, 6.45) is 1.51. The van der Waals surface area contributed by atoms with E-state index < -0.39 is 41.0 Å². The summed E-state index contributed by atoms with van der Waals surface area (Å²) in [5.41, 5.74) is -0.960. The van der Waals surface area contributed by atoms with E-state index in [1.165, 1.54) is 4.90 Å². The lowest BCUT2D eigenvalue weighted by Crippen LogP contribution is -2.57. The molecule has 3 aliphatic rings. The fraction of sp³-hybridized carbons (Fsp3) is 0.531. The number of methoxy groups -OCH3 is 1. The zero-order valence-corrected chi connectivity index (χ0v) is 24.9. The van der Waals surface area contributed by atoms with Crippen molar-refractivity contribution in [1.82, 2.24) is 4.90 Å². The molecule has 3 fully saturated rings. The number of aliphatic hydroxyl groups excluding tert-OH is 1. The summed E-state index contributed by atoms with van der Waals surface area (Å²) in [6.45, 7) is 7.88. The number of ether oxygens (including phenoxy) is 3. The molecule has 226 valence electrons. The number of hydrogen-bond donors (Lipinski definition) is 3. The molecule has 2 aromatic rings. The number of hydrogen-bond acceptors (Lipinski definition) is 7. The quantitative estimate of drug-likeness (QED) is 0.369. The molecule has 2 bridgehead atoms. The highest BCUT2D eigenvalue weighted by Gasteiger charge is 2.79. The maximum absolute atomic E-state index is 14.4. The molecular formula is C32H41N3O7. The largest absolute Gasteiger partial charge is 0.497 e. The number of rotatable bonds is 11. The third kappa shape index (κ3) is 4.80. The molecule has 2 unspecified atom stereocenters. The number of aliphatic hydroxyl groups is 1. The number of likely N-dealkylation sites (tertiary alicyclic amines) is 1. The van der Waals surface area contributed by atoms with Gasteiger partial charge in [0.1, 0.15) is 23.1 Å². The van der Waals surface area contributed by atoms with E-state index >= 15 is 0 Å². The van der Waals surface area contributed by atoms with Gasteiger partial charge in [0, 0.05) is 11.4 Å². The van der Waals surface area contributed by atoms with Crippen molar-refractivity contribution in [1.29, 1.82) is 0 Å². The summed E-state index contributed by atoms with van der Waals surface area (Å²) >= 11 is 0. The fourth-order valence-electron chi connectivity index (χ4n) is 7.24. The van der Waals surface area contributed by atoms with E-state index in [1.54, 1.807) is 55.6 Å². The van der Waals surface area contributed by atoms with Crippen molar-refractivity contribution >= 4 is 29.1 Å². The molecule has 0 aliphatic carbocycles. The zero-order valence-electron chi connectivity index (χ0n) is 24.9. The van der Waals surface area contributed by atoms with Crippen LogP contribution in [0.2, 0.25) is 0 Å². The molecular weight excluding hydrogens is 538 g/mol. The van der Waals surface area contributed by atoms with Crippen LogP contribution in [0.4, 0.5) is 11.4 Å². The molecule has 10 nitrogen and oxygen atoms in total. The number of fused-ring (bicyclic) bond motifs is 1. The van der Waals surface area contributed by atoms with E-state index in [4.69, 9.17) is 14.2 Å². The first kappa shape index (κ1) is 29.8. The Morgan fingerprint density at radius 1 is 1.00 bits per heavy atom. The van der Waals surface area contributed by atoms with E-state index in [9.17, 15) is 19.5 Å². The summed E-state index contributed by atoms with van der Waals surface area (Å²) in [4.78, 5) is 44.1. The number of nitrogens with zero attached hydrogens (tertiary/aromatic N) is 1. The minimum Gasteiger partial charge on any atom is -0.497 e. The van der Waals surface area contributed by atoms with Crippen molar-refractivity contribution in [2.45, 2.75) is 70.2 Å². The van der Waals surface area contributed by atoms with Crippen LogP contribution in [0, 0.1) is 17.8 Å². The lowest BCUT2D eigenvalue weighted by molar-refractivity contribution is -0.149. The van der Waals surface area contributed by atoms with E-state index in [2.05, 4.69) is 10.6 Å². The first-order chi connectivity index (χ1) is 20.1. The summed E-state index contributed by atoms with van der Waals surface area (Å²) < 4.78 is 17.6. The van der Waals surface area contributed by atoms with E-state index in [0.717, 1.165) is 0 Å². The van der Waals surface area contributed by atoms with Crippen LogP contribution in [0.25, 0.3) is 0 Å². The molecule has 6 atom stereocenters. The molecule has 5 rings (SSSR count). The Kier molecular flexibility index (Phi) is 8.22. The van der Waals surface area contributed by atoms with Crippen LogP contribution in [-0.4, -0.2) is 71.3 Å². The average molecular weight is 580 g/mol. The molecule has 10 heteroatoms. The minimum atomic E-state index is -1.20. The molecule has 0 radical (unpaired) electrons. The molecule has 3 saturated heterocycles. The van der Waals surface area contributed by atoms with Crippen LogP contribution in [-0.2, 0) is 19.1 Å². The second kappa shape index (κ2) is 11.6. The summed E-state index contributed by atoms with van der Waals surface area (Å²) in [5.74, 6) is -1.53. The molecule has 42 heavy (non-hydrogen) atoms. The van der Waals surface area contributed by atoms with Crippen LogP contribution >= 0.6 is 0 Å². The van der Waals surface area contributed by atoms with Gasteiger partial charge in [-0.25, -0.2) is 0 Å². The highest BCUT2D eigenvalue weighted by Crippen LogP contribution is 2.64. The third-order valence-corrected chi connectivity index (χ3v) is 9.25. The summed E-state index contributed by atoms with van der Waals surface area (Å²) in [7, 11) is 1.57. The van der Waals surface area contributed by atoms with Crippen molar-refractivity contribution in [3.8, 4) is 11.5 Å². The van der Waals surface area contributed by atoms with Crippen LogP contribution in [0.3, 0.4) is 0 Å². The predicted molar refractivity (Wildman–Crippen MR) is 157 cm³/mol. The van der Waals surface area contributed by atoms with Gasteiger partial charge in [-0.05, 0) is 80.6 Å². The Labute approximate surface area is 246 Å². The van der Waals surface area contributed by atoms with Crippen LogP contribution in [0.1, 0.15) is 47.0 Å². The van der Waals surface area contributed by atoms with E-state index in [1.807, 2.05) is 27.7 Å². The molecule has 0 saturated carbocycles. The summed E-state index contributed by atoms with van der Waals surface area (Å²) in [6, 6.07) is 12.4. The molecule has 1 spiro atoms. The Bertz CT molecular complexity index is 1310. The molecule has 3 N–H and O–H groups in total. The molecule has 3 aliphatic heterocycles. The topological polar surface area (TPSA) is 126 Å². The molecule has 0 aromatic heterocycles. The second-order valence-corrected chi connectivity index (χ2v) is 11.7. The van der Waals surface area contributed by atoms with Crippen LogP contribution < -0.4 is 20.1 Å². The predicted octanol–water partition coefficient (Wildman–Crippen LogP) is 3.84. The number of amides is 3. The van der Waals surface area contributed by atoms with Gasteiger partial charge >= 0.3 is 0 Å². The van der Waals surface area contributed by atoms with Gasteiger partial charge in [0.2, 0.25) is 17.7 Å². The van der Waals surface area contributed by atoms with Gasteiger partial charge in [-0.1, -0.05) is 20.8 Å². The first-order valence-corrected chi connectivity index (χ1v) is 14.8. The van der Waals surface area contributed by atoms with Crippen molar-refractivity contribution in [3.63, 3.8) is 0 Å². The van der Waals surface area contributed by atoms with Gasteiger partial charge in [0.25, 0.3) is 0 Å². The van der Waals surface area contributed by atoms with E-state index in [-0.39, 0.29) is 24.3 Å². The van der Waals surface area contributed by atoms with Crippen molar-refractivity contribution in [2.24, 2.45) is 17.8 Å². The Morgan fingerprint density at radius 2 is 1.60 bits per heavy atom. The fourth-order valence-corrected chi connectivity index (χ4v) is 7.24. The van der Waals surface area contributed by atoms with Gasteiger partial charge in [-0.3, -0.25) is 14.4 Å². The van der Waals surface area contributed by atoms with Gasteiger partial charge in [-0.2, -0.15) is 0 Å². The molecule has 3 amide bonds. The van der Waals surface area contributed by atoms with Crippen LogP contribution in [0.15, 0.2) is 48.5 Å². The van der Waals surface area contributed by atoms with Crippen molar-refractivity contribution in [2.75, 3.05) is 31.0 Å². The van der Waals surface area contributed by atoms with Gasteiger partial charge in [0.05, 0.1) is 43.8 Å². The lowest BCUT2D eigenvalue weighted by atomic mass is 9.65. The normalized spacial score (nSPS) is 28.5. The van der Waals surface area contributed by atoms with Crippen molar-refractivity contribution in [3.05, 3.63) is 48.5 Å². The second-order valence-electron chi connectivity index (χ2n) is 11.7. The van der Waals surface area contributed by atoms with E-state index in [0.29, 0.717) is 48.7 Å². The Balaban J connectivity index is 1.51. The number of carbonyl (C=O) groups is 3. The Hall–Kier alpha value is -3.63. The maximum atomic E-state index is 14.4. The number of nitrogens with one attached hydrogen (secondary N) is 2. The number of carbonyl (C=O) groups excluding carboxylic acids is 3. The monoisotopic (exact) mass is 579 g/mol. The minimum absolute atomic E-state index is 0.140. The summed E-state index contributed by atoms with van der Waals surface area (Å²) in [5, 5.41) is 16.4. The standard InChI is InChI=1S/C32H41N3O7/c1-6-31-16-17-32(42-31)26(25(31)28(37)33-20-10-14-23(15-11-20)41-7-2)30(39)35(24(18-36)19(3)4)27(32)29(38)34-21-8-12-22(40-5)13-9-21/h8-15,19,24-27,36H,6-7,16-18H2,1-5H3,(H,33,37)(H,34,38)/t24-,25+,26-,27?,31-,32?/m0/s1. The number of benzene rings is 2.